The molecule has 9 nitrogen and oxygen atoms in total. The number of aryl methyl sites for hydroxylation is 1. The molecule has 0 aliphatic carbocycles. The van der Waals surface area contributed by atoms with Gasteiger partial charge in [-0.2, -0.15) is 0 Å². The van der Waals surface area contributed by atoms with Gasteiger partial charge in [-0.1, -0.05) is 6.07 Å². The Kier molecular flexibility index (Phi) is 8.78. The SMILES string of the molecule is Cc1nc2c(F)cc(-c3nc(Nc4ccc(CN5CCOC(C)(CCNC(C)(C)C)C5)cn4)ncc3F)cc2n1C(C)C. The van der Waals surface area contributed by atoms with Gasteiger partial charge in [0.1, 0.15) is 22.9 Å². The first-order valence-corrected chi connectivity index (χ1v) is 14.8. The lowest BCUT2D eigenvalue weighted by Crippen LogP contribution is -2.51. The molecule has 0 saturated carbocycles. The standard InChI is InChI=1S/C32H42F2N8O/c1-20(2)42-21(3)38-29-24(33)14-23(15-26(29)42)28-25(34)17-36-30(40-28)39-27-9-8-22(16-35-27)18-41-12-13-43-32(7,19-41)10-11-37-31(4,5)6/h8-9,14-17,20,37H,10-13,18-19H2,1-7H3,(H,35,36,39,40). The molecule has 1 aliphatic rings. The number of halogens is 2. The third kappa shape index (κ3) is 7.34. The van der Waals surface area contributed by atoms with Gasteiger partial charge in [-0.25, -0.2) is 28.7 Å². The van der Waals surface area contributed by atoms with Crippen molar-refractivity contribution >= 4 is 22.8 Å². The van der Waals surface area contributed by atoms with Crippen molar-refractivity contribution in [3.8, 4) is 11.3 Å². The fraction of sp³-hybridized carbons (Fsp3) is 0.500. The Bertz CT molecular complexity index is 1580. The Morgan fingerprint density at radius 1 is 1.07 bits per heavy atom. The first-order valence-electron chi connectivity index (χ1n) is 14.8. The van der Waals surface area contributed by atoms with Crippen molar-refractivity contribution < 1.29 is 13.5 Å². The summed E-state index contributed by atoms with van der Waals surface area (Å²) in [5.74, 6) is 0.209. The van der Waals surface area contributed by atoms with E-state index in [1.807, 2.05) is 43.7 Å². The largest absolute Gasteiger partial charge is 0.373 e. The second-order valence-electron chi connectivity index (χ2n) is 13.0. The minimum Gasteiger partial charge on any atom is -0.373 e. The van der Waals surface area contributed by atoms with Crippen molar-refractivity contribution in [3.63, 3.8) is 0 Å². The van der Waals surface area contributed by atoms with Crippen LogP contribution in [-0.4, -0.2) is 66.8 Å². The van der Waals surface area contributed by atoms with Crippen LogP contribution in [0.1, 0.15) is 65.4 Å². The van der Waals surface area contributed by atoms with Gasteiger partial charge in [0.2, 0.25) is 5.95 Å². The molecule has 11 heteroatoms. The van der Waals surface area contributed by atoms with Crippen LogP contribution in [-0.2, 0) is 11.3 Å². The van der Waals surface area contributed by atoms with E-state index >= 15 is 4.39 Å². The molecule has 2 N–H and O–H groups in total. The summed E-state index contributed by atoms with van der Waals surface area (Å²) in [6.07, 6.45) is 3.83. The number of benzene rings is 1. The summed E-state index contributed by atoms with van der Waals surface area (Å²) in [5.41, 5.74) is 2.10. The molecule has 230 valence electrons. The van der Waals surface area contributed by atoms with Gasteiger partial charge in [-0.15, -0.1) is 0 Å². The van der Waals surface area contributed by atoms with Crippen molar-refractivity contribution in [1.29, 1.82) is 0 Å². The van der Waals surface area contributed by atoms with Crippen LogP contribution in [0.3, 0.4) is 0 Å². The number of imidazole rings is 1. The van der Waals surface area contributed by atoms with Gasteiger partial charge < -0.3 is 19.9 Å². The van der Waals surface area contributed by atoms with Gasteiger partial charge >= 0.3 is 0 Å². The zero-order valence-corrected chi connectivity index (χ0v) is 26.1. The van der Waals surface area contributed by atoms with Crippen LogP contribution in [0.2, 0.25) is 0 Å². The molecule has 4 heterocycles. The number of hydrogen-bond donors (Lipinski definition) is 2. The third-order valence-electron chi connectivity index (χ3n) is 7.66. The predicted molar refractivity (Wildman–Crippen MR) is 165 cm³/mol. The van der Waals surface area contributed by atoms with Gasteiger partial charge in [0.15, 0.2) is 11.6 Å². The molecular weight excluding hydrogens is 550 g/mol. The van der Waals surface area contributed by atoms with Crippen molar-refractivity contribution in [2.75, 3.05) is 31.6 Å². The molecule has 3 aromatic heterocycles. The van der Waals surface area contributed by atoms with Gasteiger partial charge in [0, 0.05) is 43.0 Å². The van der Waals surface area contributed by atoms with E-state index < -0.39 is 11.6 Å². The van der Waals surface area contributed by atoms with E-state index in [1.54, 1.807) is 6.07 Å². The third-order valence-corrected chi connectivity index (χ3v) is 7.66. The molecule has 0 amide bonds. The molecule has 43 heavy (non-hydrogen) atoms. The summed E-state index contributed by atoms with van der Waals surface area (Å²) in [6.45, 7) is 18.6. The Hall–Kier alpha value is -3.54. The van der Waals surface area contributed by atoms with E-state index in [4.69, 9.17) is 4.74 Å². The minimum absolute atomic E-state index is 0.00264. The number of anilines is 2. The van der Waals surface area contributed by atoms with Crippen molar-refractivity contribution in [3.05, 3.63) is 59.7 Å². The monoisotopic (exact) mass is 592 g/mol. The molecular formula is C32H42F2N8O. The van der Waals surface area contributed by atoms with Crippen LogP contribution in [0.5, 0.6) is 0 Å². The minimum atomic E-state index is -0.647. The van der Waals surface area contributed by atoms with Crippen LogP contribution in [0, 0.1) is 18.6 Å². The van der Waals surface area contributed by atoms with Crippen LogP contribution in [0.25, 0.3) is 22.3 Å². The highest BCUT2D eigenvalue weighted by Crippen LogP contribution is 2.30. The van der Waals surface area contributed by atoms with Crippen LogP contribution in [0.4, 0.5) is 20.5 Å². The first-order chi connectivity index (χ1) is 20.3. The number of nitrogens with one attached hydrogen (secondary N) is 2. The maximum Gasteiger partial charge on any atom is 0.229 e. The van der Waals surface area contributed by atoms with Gasteiger partial charge in [-0.05, 0) is 85.2 Å². The molecule has 0 spiro atoms. The molecule has 1 saturated heterocycles. The summed E-state index contributed by atoms with van der Waals surface area (Å²) >= 11 is 0. The summed E-state index contributed by atoms with van der Waals surface area (Å²) in [5, 5.41) is 6.60. The first kappa shape index (κ1) is 30.9. The van der Waals surface area contributed by atoms with Crippen molar-refractivity contribution in [2.24, 2.45) is 0 Å². The number of rotatable bonds is 9. The highest BCUT2D eigenvalue weighted by molar-refractivity contribution is 5.83. The van der Waals surface area contributed by atoms with E-state index in [-0.39, 0.29) is 34.3 Å². The van der Waals surface area contributed by atoms with E-state index in [2.05, 4.69) is 63.2 Å². The lowest BCUT2D eigenvalue weighted by atomic mass is 9.98. The van der Waals surface area contributed by atoms with Gasteiger partial charge in [0.25, 0.3) is 0 Å². The normalized spacial score (nSPS) is 18.1. The fourth-order valence-electron chi connectivity index (χ4n) is 5.66. The molecule has 0 bridgehead atoms. The molecule has 1 aliphatic heterocycles. The van der Waals surface area contributed by atoms with Gasteiger partial charge in [0.05, 0.1) is 23.9 Å². The van der Waals surface area contributed by atoms with Crippen LogP contribution in [0.15, 0.2) is 36.7 Å². The Balaban J connectivity index is 1.27. The second-order valence-corrected chi connectivity index (χ2v) is 13.0. The number of pyridine rings is 1. The van der Waals surface area contributed by atoms with E-state index in [0.29, 0.717) is 29.3 Å². The molecule has 1 aromatic carbocycles. The molecule has 1 unspecified atom stereocenters. The molecule has 5 rings (SSSR count). The highest BCUT2D eigenvalue weighted by atomic mass is 19.1. The van der Waals surface area contributed by atoms with Crippen molar-refractivity contribution in [1.82, 2.24) is 34.7 Å². The quantitative estimate of drug-likeness (QED) is 0.239. The fourth-order valence-corrected chi connectivity index (χ4v) is 5.66. The predicted octanol–water partition coefficient (Wildman–Crippen LogP) is 6.17. The van der Waals surface area contributed by atoms with Crippen LogP contribution < -0.4 is 10.6 Å². The Morgan fingerprint density at radius 3 is 2.56 bits per heavy atom. The topological polar surface area (TPSA) is 93.0 Å². The maximum atomic E-state index is 15.0. The number of nitrogens with zero attached hydrogens (tertiary/aromatic N) is 6. The zero-order chi connectivity index (χ0) is 30.9. The molecule has 1 fully saturated rings. The maximum absolute atomic E-state index is 15.0. The summed E-state index contributed by atoms with van der Waals surface area (Å²) in [4.78, 5) is 19.8. The summed E-state index contributed by atoms with van der Waals surface area (Å²) in [6, 6.07) is 6.90. The Morgan fingerprint density at radius 2 is 1.86 bits per heavy atom. The molecule has 1 atom stereocenters. The number of morpholine rings is 1. The number of ether oxygens (including phenoxy) is 1. The van der Waals surface area contributed by atoms with E-state index in [9.17, 15) is 4.39 Å². The van der Waals surface area contributed by atoms with E-state index in [0.717, 1.165) is 44.4 Å². The molecule has 0 radical (unpaired) electrons. The zero-order valence-electron chi connectivity index (χ0n) is 26.1. The number of fused-ring (bicyclic) bond motifs is 1. The van der Waals surface area contributed by atoms with Crippen molar-refractivity contribution in [2.45, 2.75) is 78.6 Å². The van der Waals surface area contributed by atoms with Gasteiger partial charge in [-0.3, -0.25) is 4.90 Å². The smallest absolute Gasteiger partial charge is 0.229 e. The number of aromatic nitrogens is 5. The highest BCUT2D eigenvalue weighted by Gasteiger charge is 2.32. The lowest BCUT2D eigenvalue weighted by molar-refractivity contribution is -0.104. The second kappa shape index (κ2) is 12.2. The lowest BCUT2D eigenvalue weighted by Gasteiger charge is -2.41. The van der Waals surface area contributed by atoms with E-state index in [1.165, 1.54) is 6.07 Å². The summed E-state index contributed by atoms with van der Waals surface area (Å²) < 4.78 is 38.0. The number of hydrogen-bond acceptors (Lipinski definition) is 8. The average molecular weight is 593 g/mol. The Labute approximate surface area is 252 Å². The summed E-state index contributed by atoms with van der Waals surface area (Å²) in [7, 11) is 0. The molecule has 4 aromatic rings. The average Bonchev–Trinajstić information content (AvgIpc) is 3.26. The van der Waals surface area contributed by atoms with Crippen LogP contribution >= 0.6 is 0 Å².